The standard InChI is InChI=1S/C16H18ClN3O/c1-11(2)20-16(21)15(17)14(9-18-20)19-8-7-12-5-3-4-6-13(12)10-19/h3-6,9,11H,7-8,10H2,1-2H3. The molecule has 4 nitrogen and oxygen atoms in total. The van der Waals surface area contributed by atoms with Gasteiger partial charge in [-0.25, -0.2) is 4.68 Å². The lowest BCUT2D eigenvalue weighted by atomic mass is 10.00. The van der Waals surface area contributed by atoms with E-state index >= 15 is 0 Å². The van der Waals surface area contributed by atoms with Crippen molar-refractivity contribution in [2.75, 3.05) is 11.4 Å². The van der Waals surface area contributed by atoms with Gasteiger partial charge >= 0.3 is 0 Å². The summed E-state index contributed by atoms with van der Waals surface area (Å²) < 4.78 is 1.42. The van der Waals surface area contributed by atoms with Gasteiger partial charge in [-0.05, 0) is 31.4 Å². The van der Waals surface area contributed by atoms with Crippen LogP contribution < -0.4 is 10.5 Å². The Morgan fingerprint density at radius 3 is 2.67 bits per heavy atom. The minimum absolute atomic E-state index is 0.00568. The molecule has 21 heavy (non-hydrogen) atoms. The van der Waals surface area contributed by atoms with Crippen molar-refractivity contribution in [2.24, 2.45) is 0 Å². The predicted molar refractivity (Wildman–Crippen MR) is 85.1 cm³/mol. The number of nitrogens with zero attached hydrogens (tertiary/aromatic N) is 3. The van der Waals surface area contributed by atoms with Crippen molar-refractivity contribution in [3.8, 4) is 0 Å². The summed E-state index contributed by atoms with van der Waals surface area (Å²) in [4.78, 5) is 14.4. The number of fused-ring (bicyclic) bond motifs is 1. The lowest BCUT2D eigenvalue weighted by Crippen LogP contribution is -2.33. The van der Waals surface area contributed by atoms with Gasteiger partial charge in [-0.3, -0.25) is 4.79 Å². The van der Waals surface area contributed by atoms with Crippen LogP contribution >= 0.6 is 11.6 Å². The molecule has 3 rings (SSSR count). The number of aromatic nitrogens is 2. The Balaban J connectivity index is 1.96. The van der Waals surface area contributed by atoms with E-state index in [9.17, 15) is 4.79 Å². The van der Waals surface area contributed by atoms with Gasteiger partial charge in [0.2, 0.25) is 0 Å². The van der Waals surface area contributed by atoms with E-state index in [0.29, 0.717) is 0 Å². The third-order valence-corrected chi connectivity index (χ3v) is 4.24. The molecule has 0 atom stereocenters. The largest absolute Gasteiger partial charge is 0.364 e. The molecule has 110 valence electrons. The topological polar surface area (TPSA) is 38.1 Å². The van der Waals surface area contributed by atoms with Gasteiger partial charge in [0, 0.05) is 13.1 Å². The maximum Gasteiger partial charge on any atom is 0.287 e. The summed E-state index contributed by atoms with van der Waals surface area (Å²) in [6.45, 7) is 5.45. The van der Waals surface area contributed by atoms with Crippen LogP contribution in [0.15, 0.2) is 35.3 Å². The van der Waals surface area contributed by atoms with E-state index in [1.54, 1.807) is 6.20 Å². The zero-order valence-electron chi connectivity index (χ0n) is 12.2. The third kappa shape index (κ3) is 2.56. The fourth-order valence-electron chi connectivity index (χ4n) is 2.73. The van der Waals surface area contributed by atoms with Crippen LogP contribution in [0, 0.1) is 0 Å². The zero-order valence-corrected chi connectivity index (χ0v) is 13.0. The van der Waals surface area contributed by atoms with E-state index in [2.05, 4.69) is 28.2 Å². The summed E-state index contributed by atoms with van der Waals surface area (Å²) in [5.41, 5.74) is 3.16. The fraction of sp³-hybridized carbons (Fsp3) is 0.375. The van der Waals surface area contributed by atoms with Crippen molar-refractivity contribution in [1.82, 2.24) is 9.78 Å². The predicted octanol–water partition coefficient (Wildman–Crippen LogP) is 3.04. The molecule has 1 aliphatic rings. The summed E-state index contributed by atoms with van der Waals surface area (Å²) in [7, 11) is 0. The van der Waals surface area contributed by atoms with E-state index in [1.807, 2.05) is 19.9 Å². The van der Waals surface area contributed by atoms with Gasteiger partial charge in [-0.15, -0.1) is 0 Å². The van der Waals surface area contributed by atoms with Crippen LogP contribution in [0.1, 0.15) is 31.0 Å². The van der Waals surface area contributed by atoms with Crippen molar-refractivity contribution in [3.63, 3.8) is 0 Å². The Kier molecular flexibility index (Phi) is 3.72. The van der Waals surface area contributed by atoms with Gasteiger partial charge in [-0.2, -0.15) is 5.10 Å². The first-order valence-corrected chi connectivity index (χ1v) is 7.54. The minimum Gasteiger partial charge on any atom is -0.364 e. The maximum absolute atomic E-state index is 12.3. The first kappa shape index (κ1) is 14.1. The molecular weight excluding hydrogens is 286 g/mol. The molecule has 0 N–H and O–H groups in total. The number of anilines is 1. The lowest BCUT2D eigenvalue weighted by Gasteiger charge is -2.31. The lowest BCUT2D eigenvalue weighted by molar-refractivity contribution is 0.502. The number of rotatable bonds is 2. The summed E-state index contributed by atoms with van der Waals surface area (Å²) in [6.07, 6.45) is 2.66. The quantitative estimate of drug-likeness (QED) is 0.856. The van der Waals surface area contributed by atoms with Crippen LogP contribution in [-0.4, -0.2) is 16.3 Å². The molecule has 1 aromatic heterocycles. The van der Waals surface area contributed by atoms with Crippen LogP contribution in [-0.2, 0) is 13.0 Å². The molecule has 0 saturated carbocycles. The molecule has 0 amide bonds. The Hall–Kier alpha value is -1.81. The summed E-state index contributed by atoms with van der Waals surface area (Å²) in [5, 5.41) is 4.51. The summed E-state index contributed by atoms with van der Waals surface area (Å²) in [5.74, 6) is 0. The Bertz CT molecular complexity index is 724. The Morgan fingerprint density at radius 2 is 1.95 bits per heavy atom. The second kappa shape index (κ2) is 5.53. The number of hydrogen-bond donors (Lipinski definition) is 0. The van der Waals surface area contributed by atoms with Crippen molar-refractivity contribution < 1.29 is 0 Å². The second-order valence-electron chi connectivity index (χ2n) is 5.63. The smallest absolute Gasteiger partial charge is 0.287 e. The highest BCUT2D eigenvalue weighted by atomic mass is 35.5. The second-order valence-corrected chi connectivity index (χ2v) is 6.01. The Morgan fingerprint density at radius 1 is 1.24 bits per heavy atom. The maximum atomic E-state index is 12.3. The normalized spacial score (nSPS) is 14.4. The SMILES string of the molecule is CC(C)n1ncc(N2CCc3ccccc3C2)c(Cl)c1=O. The van der Waals surface area contributed by atoms with Crippen LogP contribution in [0.5, 0.6) is 0 Å². The first-order valence-electron chi connectivity index (χ1n) is 7.17. The number of halogens is 1. The molecule has 1 aromatic carbocycles. The van der Waals surface area contributed by atoms with Crippen LogP contribution in [0.4, 0.5) is 5.69 Å². The minimum atomic E-state index is -0.219. The zero-order chi connectivity index (χ0) is 15.0. The van der Waals surface area contributed by atoms with Crippen molar-refractivity contribution in [3.05, 3.63) is 57.0 Å². The van der Waals surface area contributed by atoms with Crippen molar-refractivity contribution in [1.29, 1.82) is 0 Å². The fourth-order valence-corrected chi connectivity index (χ4v) is 2.98. The first-order chi connectivity index (χ1) is 10.1. The van der Waals surface area contributed by atoms with Crippen LogP contribution in [0.3, 0.4) is 0 Å². The van der Waals surface area contributed by atoms with E-state index < -0.39 is 0 Å². The highest BCUT2D eigenvalue weighted by Gasteiger charge is 2.21. The van der Waals surface area contributed by atoms with E-state index in [4.69, 9.17) is 11.6 Å². The highest BCUT2D eigenvalue weighted by Crippen LogP contribution is 2.27. The number of hydrogen-bond acceptors (Lipinski definition) is 3. The van der Waals surface area contributed by atoms with Gasteiger partial charge in [0.1, 0.15) is 5.02 Å². The molecule has 1 aliphatic heterocycles. The molecule has 0 fully saturated rings. The average Bonchev–Trinajstić information content (AvgIpc) is 2.49. The van der Waals surface area contributed by atoms with Gasteiger partial charge in [0.05, 0.1) is 17.9 Å². The van der Waals surface area contributed by atoms with Crippen LogP contribution in [0.25, 0.3) is 0 Å². The molecule has 0 bridgehead atoms. The molecule has 2 heterocycles. The molecular formula is C16H18ClN3O. The number of benzene rings is 1. The van der Waals surface area contributed by atoms with Gasteiger partial charge in [0.25, 0.3) is 5.56 Å². The molecule has 0 aliphatic carbocycles. The van der Waals surface area contributed by atoms with Crippen molar-refractivity contribution >= 4 is 17.3 Å². The highest BCUT2D eigenvalue weighted by molar-refractivity contribution is 6.33. The average molecular weight is 304 g/mol. The van der Waals surface area contributed by atoms with E-state index in [-0.39, 0.29) is 16.6 Å². The van der Waals surface area contributed by atoms with Crippen LogP contribution in [0.2, 0.25) is 5.02 Å². The van der Waals surface area contributed by atoms with E-state index in [0.717, 1.165) is 25.2 Å². The Labute approximate surface area is 129 Å². The molecule has 5 heteroatoms. The van der Waals surface area contributed by atoms with Gasteiger partial charge < -0.3 is 4.90 Å². The van der Waals surface area contributed by atoms with Gasteiger partial charge in [-0.1, -0.05) is 35.9 Å². The summed E-state index contributed by atoms with van der Waals surface area (Å²) in [6, 6.07) is 8.39. The van der Waals surface area contributed by atoms with Gasteiger partial charge in [0.15, 0.2) is 0 Å². The van der Waals surface area contributed by atoms with E-state index in [1.165, 1.54) is 15.8 Å². The molecule has 0 unspecified atom stereocenters. The molecule has 0 radical (unpaired) electrons. The molecule has 2 aromatic rings. The van der Waals surface area contributed by atoms with Crippen molar-refractivity contribution in [2.45, 2.75) is 32.9 Å². The summed E-state index contributed by atoms with van der Waals surface area (Å²) >= 11 is 6.29. The monoisotopic (exact) mass is 303 g/mol. The molecule has 0 saturated heterocycles. The third-order valence-electron chi connectivity index (χ3n) is 3.89. The molecule has 0 spiro atoms.